The van der Waals surface area contributed by atoms with Crippen LogP contribution in [0.3, 0.4) is 0 Å². The van der Waals surface area contributed by atoms with Crippen LogP contribution in [0.2, 0.25) is 0 Å². The third kappa shape index (κ3) is 1.29. The summed E-state index contributed by atoms with van der Waals surface area (Å²) in [4.78, 5) is 0. The third-order valence-electron chi connectivity index (χ3n) is 1.18. The maximum absolute atomic E-state index is 8.63. The van der Waals surface area contributed by atoms with Crippen LogP contribution in [0, 0.1) is 11.3 Å². The standard InChI is InChI=1S/C5H7N5S/c1-11-5-3(2-6)4(8-7)9-10-5/h7H2,1H3,(H2,8,9,10). The summed E-state index contributed by atoms with van der Waals surface area (Å²) in [5.41, 5.74) is 2.81. The zero-order valence-corrected chi connectivity index (χ0v) is 6.70. The minimum Gasteiger partial charge on any atom is -0.308 e. The predicted octanol–water partition coefficient (Wildman–Crippen LogP) is 0.289. The van der Waals surface area contributed by atoms with E-state index in [9.17, 15) is 0 Å². The second-order valence-corrected chi connectivity index (χ2v) is 2.53. The molecule has 0 aromatic carbocycles. The van der Waals surface area contributed by atoms with E-state index in [4.69, 9.17) is 11.1 Å². The number of nitrogen functional groups attached to an aromatic ring is 1. The Labute approximate surface area is 67.9 Å². The van der Waals surface area contributed by atoms with E-state index in [1.54, 1.807) is 0 Å². The molecular formula is C5H7N5S. The van der Waals surface area contributed by atoms with Gasteiger partial charge in [0.05, 0.1) is 0 Å². The van der Waals surface area contributed by atoms with Crippen molar-refractivity contribution >= 4 is 17.6 Å². The van der Waals surface area contributed by atoms with Crippen molar-refractivity contribution in [2.45, 2.75) is 5.03 Å². The number of nitriles is 1. The molecule has 1 rings (SSSR count). The van der Waals surface area contributed by atoms with Crippen molar-refractivity contribution in [3.05, 3.63) is 5.56 Å². The Balaban J connectivity index is 3.12. The molecule has 0 aliphatic rings. The first kappa shape index (κ1) is 7.91. The van der Waals surface area contributed by atoms with Crippen LogP contribution in [-0.4, -0.2) is 16.5 Å². The van der Waals surface area contributed by atoms with Crippen LogP contribution in [0.5, 0.6) is 0 Å². The van der Waals surface area contributed by atoms with Crippen LogP contribution in [0.4, 0.5) is 5.82 Å². The second-order valence-electron chi connectivity index (χ2n) is 1.74. The summed E-state index contributed by atoms with van der Waals surface area (Å²) in [6.07, 6.45) is 1.84. The van der Waals surface area contributed by atoms with E-state index in [1.807, 2.05) is 12.3 Å². The molecule has 0 fully saturated rings. The van der Waals surface area contributed by atoms with Crippen molar-refractivity contribution in [3.63, 3.8) is 0 Å². The van der Waals surface area contributed by atoms with E-state index in [1.165, 1.54) is 11.8 Å². The minimum atomic E-state index is 0.455. The Bertz CT molecular complexity index is 264. The van der Waals surface area contributed by atoms with E-state index in [2.05, 4.69) is 15.6 Å². The molecule has 0 amide bonds. The molecule has 0 bridgehead atoms. The quantitative estimate of drug-likeness (QED) is 0.336. The van der Waals surface area contributed by atoms with Crippen molar-refractivity contribution in [1.82, 2.24) is 10.2 Å². The van der Waals surface area contributed by atoms with Gasteiger partial charge in [-0.15, -0.1) is 11.8 Å². The summed E-state index contributed by atoms with van der Waals surface area (Å²) in [6, 6.07) is 1.99. The van der Waals surface area contributed by atoms with E-state index in [0.29, 0.717) is 16.4 Å². The molecule has 0 saturated heterocycles. The van der Waals surface area contributed by atoms with Gasteiger partial charge in [-0.2, -0.15) is 10.4 Å². The molecule has 0 unspecified atom stereocenters. The number of nitrogens with zero attached hydrogens (tertiary/aromatic N) is 2. The summed E-state index contributed by atoms with van der Waals surface area (Å²) in [5, 5.41) is 15.7. The number of hydrogen-bond acceptors (Lipinski definition) is 5. The van der Waals surface area contributed by atoms with E-state index in [0.717, 1.165) is 0 Å². The Morgan fingerprint density at radius 1 is 1.82 bits per heavy atom. The topological polar surface area (TPSA) is 90.5 Å². The lowest BCUT2D eigenvalue weighted by molar-refractivity contribution is 1.000. The molecule has 58 valence electrons. The van der Waals surface area contributed by atoms with E-state index in [-0.39, 0.29) is 0 Å². The maximum atomic E-state index is 8.63. The SMILES string of the molecule is CSc1n[nH]c(NN)c1C#N. The van der Waals surface area contributed by atoms with Crippen LogP contribution >= 0.6 is 11.8 Å². The van der Waals surface area contributed by atoms with Crippen LogP contribution < -0.4 is 11.3 Å². The Hall–Kier alpha value is -1.19. The zero-order chi connectivity index (χ0) is 8.27. The largest absolute Gasteiger partial charge is 0.308 e. The van der Waals surface area contributed by atoms with Gasteiger partial charge in [-0.1, -0.05) is 0 Å². The average molecular weight is 169 g/mol. The first-order chi connectivity index (χ1) is 5.33. The highest BCUT2D eigenvalue weighted by atomic mass is 32.2. The van der Waals surface area contributed by atoms with Crippen molar-refractivity contribution in [2.75, 3.05) is 11.7 Å². The number of anilines is 1. The molecule has 5 nitrogen and oxygen atoms in total. The molecular weight excluding hydrogens is 162 g/mol. The summed E-state index contributed by atoms with van der Waals surface area (Å²) < 4.78 is 0. The van der Waals surface area contributed by atoms with Gasteiger partial charge in [-0.3, -0.25) is 5.10 Å². The van der Waals surface area contributed by atoms with Crippen LogP contribution in [0.15, 0.2) is 5.03 Å². The molecule has 0 saturated carbocycles. The first-order valence-electron chi connectivity index (χ1n) is 2.82. The highest BCUT2D eigenvalue weighted by Gasteiger charge is 2.09. The Kier molecular flexibility index (Phi) is 2.36. The number of rotatable bonds is 2. The lowest BCUT2D eigenvalue weighted by Gasteiger charge is -1.92. The highest BCUT2D eigenvalue weighted by Crippen LogP contribution is 2.21. The van der Waals surface area contributed by atoms with Crippen LogP contribution in [-0.2, 0) is 0 Å². The fraction of sp³-hybridized carbons (Fsp3) is 0.200. The summed E-state index contributed by atoms with van der Waals surface area (Å²) >= 11 is 1.40. The number of aromatic amines is 1. The molecule has 1 aromatic rings. The summed E-state index contributed by atoms with van der Waals surface area (Å²) in [7, 11) is 0. The fourth-order valence-electron chi connectivity index (χ4n) is 0.681. The molecule has 0 spiro atoms. The molecule has 1 heterocycles. The number of nitrogens with two attached hydrogens (primary N) is 1. The monoisotopic (exact) mass is 169 g/mol. The lowest BCUT2D eigenvalue weighted by atomic mass is 10.4. The van der Waals surface area contributed by atoms with Crippen molar-refractivity contribution in [2.24, 2.45) is 5.84 Å². The molecule has 0 aliphatic heterocycles. The average Bonchev–Trinajstić information content (AvgIpc) is 2.45. The molecule has 11 heavy (non-hydrogen) atoms. The number of hydrogen-bond donors (Lipinski definition) is 3. The smallest absolute Gasteiger partial charge is 0.155 e. The third-order valence-corrected chi connectivity index (χ3v) is 1.86. The Morgan fingerprint density at radius 3 is 3.00 bits per heavy atom. The molecule has 6 heteroatoms. The van der Waals surface area contributed by atoms with Crippen LogP contribution in [0.1, 0.15) is 5.56 Å². The van der Waals surface area contributed by atoms with Gasteiger partial charge in [0, 0.05) is 0 Å². The van der Waals surface area contributed by atoms with E-state index >= 15 is 0 Å². The zero-order valence-electron chi connectivity index (χ0n) is 5.88. The van der Waals surface area contributed by atoms with Gasteiger partial charge in [0.1, 0.15) is 16.7 Å². The second kappa shape index (κ2) is 3.27. The highest BCUT2D eigenvalue weighted by molar-refractivity contribution is 7.98. The van der Waals surface area contributed by atoms with Gasteiger partial charge < -0.3 is 5.43 Å². The first-order valence-corrected chi connectivity index (χ1v) is 4.05. The Morgan fingerprint density at radius 2 is 2.55 bits per heavy atom. The van der Waals surface area contributed by atoms with Gasteiger partial charge in [0.25, 0.3) is 0 Å². The number of thioether (sulfide) groups is 1. The number of hydrazine groups is 1. The van der Waals surface area contributed by atoms with Crippen LogP contribution in [0.25, 0.3) is 0 Å². The molecule has 1 aromatic heterocycles. The predicted molar refractivity (Wildman–Crippen MR) is 42.9 cm³/mol. The van der Waals surface area contributed by atoms with Gasteiger partial charge >= 0.3 is 0 Å². The van der Waals surface area contributed by atoms with Crippen molar-refractivity contribution < 1.29 is 0 Å². The normalized spacial score (nSPS) is 9.18. The van der Waals surface area contributed by atoms with Gasteiger partial charge in [-0.25, -0.2) is 5.84 Å². The maximum Gasteiger partial charge on any atom is 0.155 e. The fourth-order valence-corrected chi connectivity index (χ4v) is 1.17. The van der Waals surface area contributed by atoms with Gasteiger partial charge in [0.15, 0.2) is 5.82 Å². The summed E-state index contributed by atoms with van der Waals surface area (Å²) in [6.45, 7) is 0. The molecule has 0 atom stereocenters. The lowest BCUT2D eigenvalue weighted by Crippen LogP contribution is -2.08. The van der Waals surface area contributed by atoms with Crippen molar-refractivity contribution in [1.29, 1.82) is 5.26 Å². The number of aromatic nitrogens is 2. The van der Waals surface area contributed by atoms with Gasteiger partial charge in [0.2, 0.25) is 0 Å². The summed E-state index contributed by atoms with van der Waals surface area (Å²) in [5.74, 6) is 5.57. The number of H-pyrrole nitrogens is 1. The van der Waals surface area contributed by atoms with E-state index < -0.39 is 0 Å². The number of nitrogens with one attached hydrogen (secondary N) is 2. The van der Waals surface area contributed by atoms with Crippen molar-refractivity contribution in [3.8, 4) is 6.07 Å². The minimum absolute atomic E-state index is 0.455. The molecule has 0 aliphatic carbocycles. The van der Waals surface area contributed by atoms with Gasteiger partial charge in [-0.05, 0) is 6.26 Å². The molecule has 4 N–H and O–H groups in total. The molecule has 0 radical (unpaired) electrons.